The van der Waals surface area contributed by atoms with Crippen molar-refractivity contribution in [1.82, 2.24) is 5.32 Å². The number of carbonyl (C=O) groups is 1. The molecular weight excluding hydrogens is 190 g/mol. The van der Waals surface area contributed by atoms with Crippen molar-refractivity contribution in [1.29, 1.82) is 0 Å². The van der Waals surface area contributed by atoms with E-state index in [1.54, 1.807) is 0 Å². The fraction of sp³-hybridized carbons (Fsp3) is 0.222. The minimum Gasteiger partial charge on any atom is -0.465 e. The fourth-order valence-corrected chi connectivity index (χ4v) is 0.958. The van der Waals surface area contributed by atoms with Crippen LogP contribution in [-0.2, 0) is 6.42 Å². The molecule has 1 aromatic carbocycles. The third-order valence-electron chi connectivity index (χ3n) is 1.53. The molecule has 1 rings (SSSR count). The molecule has 0 unspecified atom stereocenters. The van der Waals surface area contributed by atoms with Crippen LogP contribution in [0.5, 0.6) is 0 Å². The second-order valence-electron chi connectivity index (χ2n) is 2.47. The molecule has 0 aliphatic rings. The van der Waals surface area contributed by atoms with Crippen molar-refractivity contribution in [2.24, 2.45) is 0 Å². The van der Waals surface area contributed by atoms with Crippen LogP contribution in [0, 0.1) is 0 Å². The van der Waals surface area contributed by atoms with Gasteiger partial charge in [-0.15, -0.1) is 12.4 Å². The Morgan fingerprint density at radius 2 is 1.92 bits per heavy atom. The number of hydrogen-bond acceptors (Lipinski definition) is 1. The summed E-state index contributed by atoms with van der Waals surface area (Å²) in [6.07, 6.45) is -0.224. The van der Waals surface area contributed by atoms with Crippen molar-refractivity contribution in [3.8, 4) is 0 Å². The van der Waals surface area contributed by atoms with Crippen LogP contribution in [0.3, 0.4) is 0 Å². The first-order valence-corrected chi connectivity index (χ1v) is 3.80. The molecule has 0 aliphatic carbocycles. The summed E-state index contributed by atoms with van der Waals surface area (Å²) in [5.74, 6) is 0. The maximum atomic E-state index is 10.1. The van der Waals surface area contributed by atoms with E-state index in [9.17, 15) is 4.79 Å². The van der Waals surface area contributed by atoms with E-state index in [1.807, 2.05) is 30.3 Å². The van der Waals surface area contributed by atoms with E-state index in [2.05, 4.69) is 5.32 Å². The largest absolute Gasteiger partial charge is 0.465 e. The summed E-state index contributed by atoms with van der Waals surface area (Å²) in [5.41, 5.74) is 1.14. The van der Waals surface area contributed by atoms with Crippen molar-refractivity contribution in [3.63, 3.8) is 0 Å². The Hall–Kier alpha value is -1.22. The number of benzene rings is 1. The Morgan fingerprint density at radius 1 is 1.31 bits per heavy atom. The second kappa shape index (κ2) is 6.31. The number of carboxylic acid groups (broad SMARTS) is 1. The van der Waals surface area contributed by atoms with Gasteiger partial charge < -0.3 is 10.4 Å². The highest BCUT2D eigenvalue weighted by Crippen LogP contribution is 1.97. The predicted molar refractivity (Wildman–Crippen MR) is 53.4 cm³/mol. The average molecular weight is 202 g/mol. The molecule has 0 heterocycles. The fourth-order valence-electron chi connectivity index (χ4n) is 0.958. The molecule has 2 N–H and O–H groups in total. The number of rotatable bonds is 3. The quantitative estimate of drug-likeness (QED) is 0.785. The van der Waals surface area contributed by atoms with Gasteiger partial charge in [0.2, 0.25) is 0 Å². The molecule has 0 aliphatic heterocycles. The van der Waals surface area contributed by atoms with E-state index in [0.29, 0.717) is 6.54 Å². The third kappa shape index (κ3) is 5.09. The zero-order valence-electron chi connectivity index (χ0n) is 7.06. The van der Waals surface area contributed by atoms with E-state index in [-0.39, 0.29) is 12.4 Å². The summed E-state index contributed by atoms with van der Waals surface area (Å²) in [6, 6.07) is 9.77. The minimum absolute atomic E-state index is 0. The first-order chi connectivity index (χ1) is 5.79. The summed E-state index contributed by atoms with van der Waals surface area (Å²) >= 11 is 0. The topological polar surface area (TPSA) is 49.3 Å². The van der Waals surface area contributed by atoms with Gasteiger partial charge in [0.25, 0.3) is 0 Å². The molecule has 0 atom stereocenters. The van der Waals surface area contributed by atoms with Crippen LogP contribution in [0.15, 0.2) is 30.3 Å². The highest BCUT2D eigenvalue weighted by atomic mass is 35.5. The van der Waals surface area contributed by atoms with Crippen LogP contribution in [0.25, 0.3) is 0 Å². The molecule has 0 fully saturated rings. The van der Waals surface area contributed by atoms with Crippen molar-refractivity contribution >= 4 is 18.5 Å². The molecule has 0 saturated heterocycles. The molecule has 72 valence electrons. The van der Waals surface area contributed by atoms with Crippen molar-refractivity contribution < 1.29 is 9.90 Å². The number of halogens is 1. The SMILES string of the molecule is Cl.O=C(O)NCCc1ccccc1. The molecule has 0 spiro atoms. The third-order valence-corrected chi connectivity index (χ3v) is 1.53. The van der Waals surface area contributed by atoms with E-state index < -0.39 is 6.09 Å². The lowest BCUT2D eigenvalue weighted by Gasteiger charge is -2.00. The van der Waals surface area contributed by atoms with E-state index >= 15 is 0 Å². The maximum absolute atomic E-state index is 10.1. The van der Waals surface area contributed by atoms with E-state index in [4.69, 9.17) is 5.11 Å². The van der Waals surface area contributed by atoms with Gasteiger partial charge in [0.05, 0.1) is 0 Å². The lowest BCUT2D eigenvalue weighted by atomic mass is 10.1. The molecule has 0 bridgehead atoms. The average Bonchev–Trinajstić information content (AvgIpc) is 2.05. The first-order valence-electron chi connectivity index (χ1n) is 3.80. The molecule has 4 heteroatoms. The highest BCUT2D eigenvalue weighted by Gasteiger charge is 1.93. The van der Waals surface area contributed by atoms with Crippen LogP contribution in [0.4, 0.5) is 4.79 Å². The van der Waals surface area contributed by atoms with Crippen molar-refractivity contribution in [2.75, 3.05) is 6.54 Å². The molecular formula is C9H12ClNO2. The molecule has 1 aromatic rings. The summed E-state index contributed by atoms with van der Waals surface area (Å²) in [7, 11) is 0. The maximum Gasteiger partial charge on any atom is 0.404 e. The lowest BCUT2D eigenvalue weighted by Crippen LogP contribution is -2.23. The van der Waals surface area contributed by atoms with Crippen LogP contribution >= 0.6 is 12.4 Å². The van der Waals surface area contributed by atoms with Gasteiger partial charge in [-0.3, -0.25) is 0 Å². The summed E-state index contributed by atoms with van der Waals surface area (Å²) in [4.78, 5) is 10.1. The Balaban J connectivity index is 0.00000144. The Bertz CT molecular complexity index is 251. The normalized spacial score (nSPS) is 8.62. The van der Waals surface area contributed by atoms with Gasteiger partial charge in [-0.25, -0.2) is 4.79 Å². The second-order valence-corrected chi connectivity index (χ2v) is 2.47. The van der Waals surface area contributed by atoms with Crippen LogP contribution in [-0.4, -0.2) is 17.7 Å². The molecule has 0 aromatic heterocycles. The molecule has 3 nitrogen and oxygen atoms in total. The standard InChI is InChI=1S/C9H11NO2.ClH/c11-9(12)10-7-6-8-4-2-1-3-5-8;/h1-5,10H,6-7H2,(H,11,12);1H. The molecule has 1 amide bonds. The van der Waals surface area contributed by atoms with Gasteiger partial charge in [0.1, 0.15) is 0 Å². The monoisotopic (exact) mass is 201 g/mol. The van der Waals surface area contributed by atoms with Gasteiger partial charge in [-0.1, -0.05) is 30.3 Å². The Morgan fingerprint density at radius 3 is 2.46 bits per heavy atom. The lowest BCUT2D eigenvalue weighted by molar-refractivity contribution is 0.194. The zero-order chi connectivity index (χ0) is 8.81. The van der Waals surface area contributed by atoms with Crippen LogP contribution in [0.1, 0.15) is 5.56 Å². The Labute approximate surface area is 83.2 Å². The van der Waals surface area contributed by atoms with E-state index in [0.717, 1.165) is 12.0 Å². The minimum atomic E-state index is -0.967. The predicted octanol–water partition coefficient (Wildman–Crippen LogP) is 1.92. The van der Waals surface area contributed by atoms with Gasteiger partial charge >= 0.3 is 6.09 Å². The number of nitrogens with one attached hydrogen (secondary N) is 1. The first kappa shape index (κ1) is 11.8. The summed E-state index contributed by atoms with van der Waals surface area (Å²) in [5, 5.41) is 10.6. The highest BCUT2D eigenvalue weighted by molar-refractivity contribution is 5.85. The molecule has 13 heavy (non-hydrogen) atoms. The summed E-state index contributed by atoms with van der Waals surface area (Å²) < 4.78 is 0. The summed E-state index contributed by atoms with van der Waals surface area (Å²) in [6.45, 7) is 0.472. The van der Waals surface area contributed by atoms with E-state index in [1.165, 1.54) is 0 Å². The zero-order valence-corrected chi connectivity index (χ0v) is 7.88. The van der Waals surface area contributed by atoms with Gasteiger partial charge in [0.15, 0.2) is 0 Å². The molecule has 0 radical (unpaired) electrons. The number of amides is 1. The number of hydrogen-bond donors (Lipinski definition) is 2. The van der Waals surface area contributed by atoms with Gasteiger partial charge in [-0.2, -0.15) is 0 Å². The van der Waals surface area contributed by atoms with Crippen molar-refractivity contribution in [3.05, 3.63) is 35.9 Å². The van der Waals surface area contributed by atoms with Gasteiger partial charge in [-0.05, 0) is 12.0 Å². The van der Waals surface area contributed by atoms with Crippen LogP contribution < -0.4 is 5.32 Å². The van der Waals surface area contributed by atoms with Gasteiger partial charge in [0, 0.05) is 6.54 Å². The van der Waals surface area contributed by atoms with Crippen LogP contribution in [0.2, 0.25) is 0 Å². The van der Waals surface area contributed by atoms with Crippen molar-refractivity contribution in [2.45, 2.75) is 6.42 Å². The Kier molecular flexibility index (Phi) is 5.72. The molecule has 0 saturated carbocycles. The smallest absolute Gasteiger partial charge is 0.404 e.